The van der Waals surface area contributed by atoms with E-state index in [9.17, 15) is 9.59 Å². The Labute approximate surface area is 399 Å². The second-order valence-electron chi connectivity index (χ2n) is 18.0. The van der Waals surface area contributed by atoms with Gasteiger partial charge in [-0.3, -0.25) is 14.5 Å². The predicted octanol–water partition coefficient (Wildman–Crippen LogP) is 15.0. The third-order valence-corrected chi connectivity index (χ3v) is 12.1. The van der Waals surface area contributed by atoms with E-state index in [0.29, 0.717) is 38.4 Å². The summed E-state index contributed by atoms with van der Waals surface area (Å²) in [5.41, 5.74) is 3.55. The first-order valence-electron chi connectivity index (χ1n) is 25.9. The fourth-order valence-electron chi connectivity index (χ4n) is 8.21. The second-order valence-corrected chi connectivity index (χ2v) is 18.0. The molecule has 0 N–H and O–H groups in total. The van der Waals surface area contributed by atoms with Gasteiger partial charge in [-0.25, -0.2) is 4.99 Å². The standard InChI is InChI=1S/C57H84N2O7/c1-6-9-11-13-15-16-17-27-38-53(61)66-47(5)32-22-21-30-44-63-55-54(48-34-23-19-24-35-48)58-56(49-39-41-51(42-40-49)62-43-29-18-14-12-10-7-2)59(50-36-25-20-26-37-50)57(55)64-45-31-28-33-46(4)65-52(60)8-3/h19-20,23-26,34-37,39-42,46-47,57H,6-18,21-22,27-33,38,43-45H2,1-5H3. The topological polar surface area (TPSA) is 95.9 Å². The van der Waals surface area contributed by atoms with Crippen LogP contribution in [0.2, 0.25) is 0 Å². The molecule has 9 heteroatoms. The van der Waals surface area contributed by atoms with Crippen molar-refractivity contribution >= 4 is 29.2 Å². The highest BCUT2D eigenvalue weighted by atomic mass is 16.6. The van der Waals surface area contributed by atoms with Crippen molar-refractivity contribution in [2.75, 3.05) is 24.7 Å². The third-order valence-electron chi connectivity index (χ3n) is 12.1. The Bertz CT molecular complexity index is 1810. The van der Waals surface area contributed by atoms with Gasteiger partial charge in [0.1, 0.15) is 17.3 Å². The molecule has 3 aromatic carbocycles. The maximum absolute atomic E-state index is 12.6. The predicted molar refractivity (Wildman–Crippen MR) is 271 cm³/mol. The molecule has 1 heterocycles. The quantitative estimate of drug-likeness (QED) is 0.0420. The van der Waals surface area contributed by atoms with E-state index in [1.54, 1.807) is 0 Å². The Morgan fingerprint density at radius 1 is 0.545 bits per heavy atom. The van der Waals surface area contributed by atoms with Gasteiger partial charge < -0.3 is 23.7 Å². The average Bonchev–Trinajstić information content (AvgIpc) is 3.33. The molecule has 364 valence electrons. The van der Waals surface area contributed by atoms with Gasteiger partial charge in [0.05, 0.1) is 25.4 Å². The third kappa shape index (κ3) is 20.5. The van der Waals surface area contributed by atoms with Crippen molar-refractivity contribution in [1.29, 1.82) is 0 Å². The lowest BCUT2D eigenvalue weighted by atomic mass is 10.0. The van der Waals surface area contributed by atoms with E-state index in [1.807, 2.05) is 69.3 Å². The number of anilines is 1. The molecule has 66 heavy (non-hydrogen) atoms. The van der Waals surface area contributed by atoms with Crippen LogP contribution in [0.3, 0.4) is 0 Å². The lowest BCUT2D eigenvalue weighted by Gasteiger charge is -2.39. The van der Waals surface area contributed by atoms with Crippen LogP contribution in [0.4, 0.5) is 5.69 Å². The molecule has 0 aliphatic carbocycles. The van der Waals surface area contributed by atoms with Gasteiger partial charge in [-0.15, -0.1) is 0 Å². The van der Waals surface area contributed by atoms with E-state index in [2.05, 4.69) is 55.1 Å². The Kier molecular flexibility index (Phi) is 26.9. The number of aliphatic imine (C=N–C) groups is 1. The molecular formula is C57H84N2O7. The Morgan fingerprint density at radius 3 is 1.68 bits per heavy atom. The maximum Gasteiger partial charge on any atom is 0.306 e. The zero-order valence-electron chi connectivity index (χ0n) is 41.5. The number of amidine groups is 1. The van der Waals surface area contributed by atoms with Crippen LogP contribution in [0.5, 0.6) is 5.75 Å². The van der Waals surface area contributed by atoms with E-state index in [-0.39, 0.29) is 24.1 Å². The minimum absolute atomic E-state index is 0.0781. The van der Waals surface area contributed by atoms with Crippen molar-refractivity contribution in [2.24, 2.45) is 4.99 Å². The fourth-order valence-corrected chi connectivity index (χ4v) is 8.21. The first kappa shape index (κ1) is 54.0. The van der Waals surface area contributed by atoms with Gasteiger partial charge in [0.2, 0.25) is 0 Å². The van der Waals surface area contributed by atoms with Crippen LogP contribution in [0.15, 0.2) is 95.7 Å². The zero-order chi connectivity index (χ0) is 47.0. The van der Waals surface area contributed by atoms with Crippen molar-refractivity contribution in [2.45, 2.75) is 201 Å². The smallest absolute Gasteiger partial charge is 0.306 e. The van der Waals surface area contributed by atoms with Crippen LogP contribution >= 0.6 is 0 Å². The van der Waals surface area contributed by atoms with Crippen molar-refractivity contribution in [3.8, 4) is 5.75 Å². The molecule has 0 amide bonds. The number of esters is 2. The summed E-state index contributed by atoms with van der Waals surface area (Å²) in [6.45, 7) is 11.9. The van der Waals surface area contributed by atoms with Gasteiger partial charge in [-0.05, 0) is 108 Å². The Morgan fingerprint density at radius 2 is 1.06 bits per heavy atom. The summed E-state index contributed by atoms with van der Waals surface area (Å²) < 4.78 is 31.3. The second kappa shape index (κ2) is 32.9. The molecule has 0 saturated heterocycles. The van der Waals surface area contributed by atoms with Crippen LogP contribution in [-0.2, 0) is 28.5 Å². The zero-order valence-corrected chi connectivity index (χ0v) is 41.5. The molecule has 1 aliphatic heterocycles. The first-order valence-corrected chi connectivity index (χ1v) is 25.9. The molecule has 0 fully saturated rings. The van der Waals surface area contributed by atoms with E-state index in [1.165, 1.54) is 70.6 Å². The van der Waals surface area contributed by atoms with Gasteiger partial charge in [0.25, 0.3) is 0 Å². The first-order chi connectivity index (χ1) is 32.3. The summed E-state index contributed by atoms with van der Waals surface area (Å²) in [5.74, 6) is 2.01. The number of rotatable bonds is 36. The SMILES string of the molecule is CCCCCCCCCCC(=O)OC(C)CCCCCOC1=C(c2ccccc2)N=C(c2ccc(OCCCCCCCC)cc2)N(c2ccccc2)C1OCCCCC(C)OC(=O)CC. The largest absolute Gasteiger partial charge is 0.494 e. The van der Waals surface area contributed by atoms with Crippen LogP contribution in [-0.4, -0.2) is 56.0 Å². The van der Waals surface area contributed by atoms with E-state index < -0.39 is 6.23 Å². The minimum atomic E-state index is -0.616. The Balaban J connectivity index is 1.49. The van der Waals surface area contributed by atoms with Gasteiger partial charge in [0.15, 0.2) is 12.0 Å². The summed E-state index contributed by atoms with van der Waals surface area (Å²) in [5, 5.41) is 0. The van der Waals surface area contributed by atoms with Crippen LogP contribution in [0, 0.1) is 0 Å². The summed E-state index contributed by atoms with van der Waals surface area (Å²) in [6.07, 6.45) is 22.9. The van der Waals surface area contributed by atoms with E-state index >= 15 is 0 Å². The number of ether oxygens (including phenoxy) is 5. The molecule has 0 spiro atoms. The van der Waals surface area contributed by atoms with Crippen LogP contribution in [0.25, 0.3) is 5.70 Å². The molecule has 0 aromatic heterocycles. The van der Waals surface area contributed by atoms with Crippen molar-refractivity contribution in [1.82, 2.24) is 0 Å². The van der Waals surface area contributed by atoms with E-state index in [0.717, 1.165) is 98.3 Å². The molecule has 0 saturated carbocycles. The van der Waals surface area contributed by atoms with Gasteiger partial charge >= 0.3 is 11.9 Å². The lowest BCUT2D eigenvalue weighted by Crippen LogP contribution is -2.47. The summed E-state index contributed by atoms with van der Waals surface area (Å²) in [7, 11) is 0. The molecule has 3 aromatic rings. The Hall–Kier alpha value is -4.63. The van der Waals surface area contributed by atoms with Crippen molar-refractivity contribution in [3.05, 3.63) is 102 Å². The van der Waals surface area contributed by atoms with Crippen molar-refractivity contribution < 1.29 is 33.3 Å². The number of hydrogen-bond acceptors (Lipinski definition) is 9. The molecule has 9 nitrogen and oxygen atoms in total. The minimum Gasteiger partial charge on any atom is -0.494 e. The van der Waals surface area contributed by atoms with Crippen LogP contribution < -0.4 is 9.64 Å². The van der Waals surface area contributed by atoms with Crippen molar-refractivity contribution in [3.63, 3.8) is 0 Å². The monoisotopic (exact) mass is 909 g/mol. The lowest BCUT2D eigenvalue weighted by molar-refractivity contribution is -0.149. The fraction of sp³-hybridized carbons (Fsp3) is 0.596. The number of hydrogen-bond donors (Lipinski definition) is 0. The van der Waals surface area contributed by atoms with Gasteiger partial charge in [0, 0.05) is 36.3 Å². The number of nitrogens with zero attached hydrogens (tertiary/aromatic N) is 2. The van der Waals surface area contributed by atoms with Gasteiger partial charge in [-0.1, -0.05) is 146 Å². The molecular weight excluding hydrogens is 825 g/mol. The molecule has 4 rings (SSSR count). The molecule has 3 unspecified atom stereocenters. The molecule has 1 aliphatic rings. The summed E-state index contributed by atoms with van der Waals surface area (Å²) >= 11 is 0. The number of carbonyl (C=O) groups excluding carboxylic acids is 2. The number of benzene rings is 3. The molecule has 0 radical (unpaired) electrons. The molecule has 3 atom stereocenters. The maximum atomic E-state index is 12.6. The number of carbonyl (C=O) groups is 2. The summed E-state index contributed by atoms with van der Waals surface area (Å²) in [4.78, 5) is 32.1. The van der Waals surface area contributed by atoms with Crippen LogP contribution in [0.1, 0.15) is 193 Å². The van der Waals surface area contributed by atoms with Gasteiger partial charge in [-0.2, -0.15) is 0 Å². The summed E-state index contributed by atoms with van der Waals surface area (Å²) in [6, 6.07) is 28.7. The number of unbranched alkanes of at least 4 members (excludes halogenated alkanes) is 15. The molecule has 0 bridgehead atoms. The highest BCUT2D eigenvalue weighted by Crippen LogP contribution is 2.36. The number of para-hydroxylation sites is 1. The van der Waals surface area contributed by atoms with E-state index in [4.69, 9.17) is 28.7 Å². The highest BCUT2D eigenvalue weighted by molar-refractivity contribution is 6.14. The normalized spacial score (nSPS) is 14.7. The average molecular weight is 909 g/mol. The highest BCUT2D eigenvalue weighted by Gasteiger charge is 2.37.